The van der Waals surface area contributed by atoms with Crippen LogP contribution >= 0.6 is 11.6 Å². The van der Waals surface area contributed by atoms with E-state index in [0.717, 1.165) is 28.4 Å². The van der Waals surface area contributed by atoms with Crippen molar-refractivity contribution in [3.63, 3.8) is 0 Å². The molecule has 2 unspecified atom stereocenters. The molecule has 2 N–H and O–H groups in total. The smallest absolute Gasteiger partial charge is 0.163 e. The van der Waals surface area contributed by atoms with E-state index in [4.69, 9.17) is 16.0 Å². The highest BCUT2D eigenvalue weighted by atomic mass is 35.5. The van der Waals surface area contributed by atoms with E-state index < -0.39 is 11.9 Å². The zero-order valence-corrected chi connectivity index (χ0v) is 17.1. The first kappa shape index (κ1) is 18.9. The summed E-state index contributed by atoms with van der Waals surface area (Å²) in [6.45, 7) is 1.99. The molecular weight excluding hydrogens is 403 g/mol. The monoisotopic (exact) mass is 422 g/mol. The van der Waals surface area contributed by atoms with Crippen molar-refractivity contribution in [3.05, 3.63) is 93.8 Å². The van der Waals surface area contributed by atoms with Crippen LogP contribution in [0.3, 0.4) is 0 Å². The van der Waals surface area contributed by atoms with E-state index in [0.29, 0.717) is 18.4 Å². The van der Waals surface area contributed by atoms with Crippen molar-refractivity contribution in [3.8, 4) is 0 Å². The number of nitrogens with one attached hydrogen (secondary N) is 2. The molecule has 4 nitrogen and oxygen atoms in total. The van der Waals surface area contributed by atoms with Gasteiger partial charge in [0.25, 0.3) is 0 Å². The van der Waals surface area contributed by atoms with Crippen molar-refractivity contribution < 1.29 is 13.6 Å². The molecule has 152 valence electrons. The molecule has 0 fully saturated rings. The Bertz CT molecular complexity index is 1150. The van der Waals surface area contributed by atoms with Crippen LogP contribution in [-0.2, 0) is 4.79 Å². The lowest BCUT2D eigenvalue weighted by atomic mass is 9.80. The zero-order chi connectivity index (χ0) is 20.8. The van der Waals surface area contributed by atoms with E-state index in [1.807, 2.05) is 37.3 Å². The molecule has 1 aromatic heterocycles. The summed E-state index contributed by atoms with van der Waals surface area (Å²) in [5.41, 5.74) is 4.28. The van der Waals surface area contributed by atoms with Crippen LogP contribution in [0.4, 0.5) is 15.8 Å². The molecule has 0 amide bonds. The van der Waals surface area contributed by atoms with Crippen LogP contribution in [0.25, 0.3) is 0 Å². The van der Waals surface area contributed by atoms with Crippen molar-refractivity contribution >= 4 is 28.8 Å². The molecule has 2 heterocycles. The Hall–Kier alpha value is -3.05. The first-order valence-corrected chi connectivity index (χ1v) is 10.3. The van der Waals surface area contributed by atoms with Crippen molar-refractivity contribution in [1.29, 1.82) is 0 Å². The maximum atomic E-state index is 14.9. The summed E-state index contributed by atoms with van der Waals surface area (Å²) >= 11 is 6.41. The summed E-state index contributed by atoms with van der Waals surface area (Å²) in [4.78, 5) is 13.4. The van der Waals surface area contributed by atoms with Gasteiger partial charge in [0, 0.05) is 34.2 Å². The highest BCUT2D eigenvalue weighted by Gasteiger charge is 2.38. The van der Waals surface area contributed by atoms with Gasteiger partial charge in [-0.05, 0) is 55.3 Å². The number of carbonyl (C=O) groups excluding carboxylic acids is 1. The van der Waals surface area contributed by atoms with E-state index in [1.54, 1.807) is 18.4 Å². The van der Waals surface area contributed by atoms with E-state index in [2.05, 4.69) is 10.6 Å². The number of fused-ring (bicyclic) bond motifs is 1. The number of furan rings is 1. The Morgan fingerprint density at radius 2 is 1.97 bits per heavy atom. The predicted octanol–water partition coefficient (Wildman–Crippen LogP) is 6.36. The molecule has 3 aromatic rings. The lowest BCUT2D eigenvalue weighted by Gasteiger charge is -2.29. The number of rotatable bonds is 2. The number of allylic oxidation sites excluding steroid dienone is 1. The molecule has 1 aliphatic carbocycles. The second-order valence-electron chi connectivity index (χ2n) is 7.82. The molecule has 2 atom stereocenters. The molecule has 0 bridgehead atoms. The van der Waals surface area contributed by atoms with Gasteiger partial charge in [-0.25, -0.2) is 4.39 Å². The number of Topliss-reactive ketones (excluding diaryl/α,β-unsaturated/α-hetero) is 1. The average Bonchev–Trinajstić information content (AvgIpc) is 3.19. The zero-order valence-electron chi connectivity index (χ0n) is 16.3. The van der Waals surface area contributed by atoms with Crippen LogP contribution in [0.2, 0.25) is 5.02 Å². The SMILES string of the molecule is Cc1ccc2c(c1)NC(c1c(F)cccc1Cl)C1=C(CC(c3ccco3)CC1=O)N2. The van der Waals surface area contributed by atoms with Crippen molar-refractivity contribution in [2.24, 2.45) is 0 Å². The Labute approximate surface area is 178 Å². The van der Waals surface area contributed by atoms with Crippen LogP contribution in [-0.4, -0.2) is 5.78 Å². The summed E-state index contributed by atoms with van der Waals surface area (Å²) in [6, 6.07) is 13.6. The number of hydrogen-bond acceptors (Lipinski definition) is 4. The lowest BCUT2D eigenvalue weighted by molar-refractivity contribution is -0.116. The number of hydrogen-bond donors (Lipinski definition) is 2. The average molecular weight is 423 g/mol. The van der Waals surface area contributed by atoms with Crippen molar-refractivity contribution in [1.82, 2.24) is 0 Å². The minimum Gasteiger partial charge on any atom is -0.469 e. The second-order valence-corrected chi connectivity index (χ2v) is 8.23. The van der Waals surface area contributed by atoms with Gasteiger partial charge < -0.3 is 15.1 Å². The van der Waals surface area contributed by atoms with Crippen LogP contribution in [0.15, 0.2) is 70.5 Å². The number of benzene rings is 2. The van der Waals surface area contributed by atoms with Gasteiger partial charge in [-0.15, -0.1) is 0 Å². The summed E-state index contributed by atoms with van der Waals surface area (Å²) in [7, 11) is 0. The van der Waals surface area contributed by atoms with Gasteiger partial charge >= 0.3 is 0 Å². The maximum Gasteiger partial charge on any atom is 0.163 e. The van der Waals surface area contributed by atoms with Gasteiger partial charge in [0.2, 0.25) is 0 Å². The summed E-state index contributed by atoms with van der Waals surface area (Å²) < 4.78 is 20.5. The van der Waals surface area contributed by atoms with E-state index in [-0.39, 0.29) is 22.3 Å². The quantitative estimate of drug-likeness (QED) is 0.504. The van der Waals surface area contributed by atoms with Gasteiger partial charge in [0.1, 0.15) is 11.6 Å². The topological polar surface area (TPSA) is 54.3 Å². The third-order valence-electron chi connectivity index (χ3n) is 5.79. The highest BCUT2D eigenvalue weighted by molar-refractivity contribution is 6.31. The molecule has 0 spiro atoms. The number of carbonyl (C=O) groups is 1. The van der Waals surface area contributed by atoms with E-state index in [1.165, 1.54) is 6.07 Å². The summed E-state index contributed by atoms with van der Waals surface area (Å²) in [5, 5.41) is 7.12. The normalized spacial score (nSPS) is 20.7. The standard InChI is InChI=1S/C24H20ClFN2O2/c1-13-7-8-17-18(10-13)28-24(22-15(25)4-2-5-16(22)26)23-19(27-17)11-14(12-20(23)29)21-6-3-9-30-21/h2-10,14,24,27-28H,11-12H2,1H3. The molecule has 1 aliphatic heterocycles. The fourth-order valence-electron chi connectivity index (χ4n) is 4.39. The minimum absolute atomic E-state index is 0.0495. The van der Waals surface area contributed by atoms with Crippen LogP contribution in [0.5, 0.6) is 0 Å². The third-order valence-corrected chi connectivity index (χ3v) is 6.12. The van der Waals surface area contributed by atoms with E-state index >= 15 is 0 Å². The largest absolute Gasteiger partial charge is 0.469 e. The van der Waals surface area contributed by atoms with Crippen molar-refractivity contribution in [2.75, 3.05) is 10.6 Å². The number of aryl methyl sites for hydroxylation is 1. The molecule has 0 radical (unpaired) electrons. The van der Waals surface area contributed by atoms with Crippen LogP contribution in [0, 0.1) is 12.7 Å². The van der Waals surface area contributed by atoms with Gasteiger partial charge in [-0.2, -0.15) is 0 Å². The molecule has 0 saturated heterocycles. The molecule has 2 aromatic carbocycles. The Morgan fingerprint density at radius 1 is 1.10 bits per heavy atom. The third kappa shape index (κ3) is 3.19. The molecule has 30 heavy (non-hydrogen) atoms. The molecule has 0 saturated carbocycles. The Kier molecular flexibility index (Phi) is 4.63. The fourth-order valence-corrected chi connectivity index (χ4v) is 4.66. The minimum atomic E-state index is -0.686. The van der Waals surface area contributed by atoms with E-state index in [9.17, 15) is 9.18 Å². The predicted molar refractivity (Wildman–Crippen MR) is 115 cm³/mol. The lowest BCUT2D eigenvalue weighted by Crippen LogP contribution is -2.27. The molecule has 5 rings (SSSR count). The van der Waals surface area contributed by atoms with Gasteiger partial charge in [-0.1, -0.05) is 23.7 Å². The van der Waals surface area contributed by atoms with Crippen LogP contribution < -0.4 is 10.6 Å². The first-order chi connectivity index (χ1) is 14.5. The number of halogens is 2. The van der Waals surface area contributed by atoms with Gasteiger partial charge in [-0.3, -0.25) is 4.79 Å². The van der Waals surface area contributed by atoms with Gasteiger partial charge in [0.05, 0.1) is 23.7 Å². The number of anilines is 2. The Balaban J connectivity index is 1.68. The van der Waals surface area contributed by atoms with Gasteiger partial charge in [0.15, 0.2) is 5.78 Å². The molecule has 6 heteroatoms. The summed E-state index contributed by atoms with van der Waals surface area (Å²) in [6.07, 6.45) is 2.51. The van der Waals surface area contributed by atoms with Crippen LogP contribution in [0.1, 0.15) is 41.7 Å². The molecule has 2 aliphatic rings. The second kappa shape index (κ2) is 7.33. The maximum absolute atomic E-state index is 14.9. The first-order valence-electron chi connectivity index (χ1n) is 9.89. The number of ketones is 1. The highest BCUT2D eigenvalue weighted by Crippen LogP contribution is 2.46. The fraction of sp³-hybridized carbons (Fsp3) is 0.208. The van der Waals surface area contributed by atoms with Crippen molar-refractivity contribution in [2.45, 2.75) is 31.7 Å². The summed E-state index contributed by atoms with van der Waals surface area (Å²) in [5.74, 6) is 0.219. The molecular formula is C24H20ClFN2O2. The Morgan fingerprint density at radius 3 is 2.73 bits per heavy atom.